The van der Waals surface area contributed by atoms with Gasteiger partial charge in [0.25, 0.3) is 0 Å². The maximum absolute atomic E-state index is 11.0. The van der Waals surface area contributed by atoms with Gasteiger partial charge in [-0.2, -0.15) is 0 Å². The predicted molar refractivity (Wildman–Crippen MR) is 43.0 cm³/mol. The number of carbonyl (C=O) groups excluding carboxylic acids is 1. The molecule has 0 unspecified atom stereocenters. The summed E-state index contributed by atoms with van der Waals surface area (Å²) in [5, 5.41) is 0. The van der Waals surface area contributed by atoms with Crippen LogP contribution in [0.5, 0.6) is 0 Å². The highest BCUT2D eigenvalue weighted by atomic mass is 16.6. The molecule has 0 spiro atoms. The van der Waals surface area contributed by atoms with Crippen LogP contribution in [0.3, 0.4) is 0 Å². The molecule has 0 amide bonds. The molecule has 4 nitrogen and oxygen atoms in total. The average Bonchev–Trinajstić information content (AvgIpc) is 2.35. The minimum Gasteiger partial charge on any atom is -0.459 e. The minimum atomic E-state index is -0.154. The monoisotopic (exact) mass is 173 g/mol. The number of cyclic esters (lactones) is 1. The average molecular weight is 173 g/mol. The standard InChI is InChI=1S/C8H15NO3/c1-3-6(12-9)7-4-5(2)8(10)11-7/h5-7H,3-4,9H2,1-2H3/t5-,6+,7+/m1/s1. The maximum Gasteiger partial charge on any atom is 0.309 e. The molecule has 1 aliphatic rings. The van der Waals surface area contributed by atoms with E-state index in [1.54, 1.807) is 0 Å². The number of carbonyl (C=O) groups is 1. The number of nitrogens with two attached hydrogens (primary N) is 1. The lowest BCUT2D eigenvalue weighted by molar-refractivity contribution is -0.149. The summed E-state index contributed by atoms with van der Waals surface area (Å²) < 4.78 is 5.07. The summed E-state index contributed by atoms with van der Waals surface area (Å²) in [6, 6.07) is 0. The number of ether oxygens (including phenoxy) is 1. The molecule has 0 aromatic rings. The fourth-order valence-corrected chi connectivity index (χ4v) is 1.43. The molecule has 12 heavy (non-hydrogen) atoms. The molecule has 0 aromatic carbocycles. The van der Waals surface area contributed by atoms with Gasteiger partial charge < -0.3 is 4.74 Å². The van der Waals surface area contributed by atoms with E-state index in [9.17, 15) is 4.79 Å². The van der Waals surface area contributed by atoms with Crippen molar-refractivity contribution >= 4 is 5.97 Å². The van der Waals surface area contributed by atoms with E-state index in [2.05, 4.69) is 0 Å². The molecule has 1 heterocycles. The van der Waals surface area contributed by atoms with Crippen molar-refractivity contribution in [3.63, 3.8) is 0 Å². The third-order valence-electron chi connectivity index (χ3n) is 2.25. The van der Waals surface area contributed by atoms with Crippen LogP contribution in [-0.4, -0.2) is 18.2 Å². The summed E-state index contributed by atoms with van der Waals surface area (Å²) >= 11 is 0. The Morgan fingerprint density at radius 3 is 2.83 bits per heavy atom. The van der Waals surface area contributed by atoms with E-state index in [1.807, 2.05) is 13.8 Å². The second-order valence-electron chi connectivity index (χ2n) is 3.19. The van der Waals surface area contributed by atoms with Gasteiger partial charge in [-0.15, -0.1) is 0 Å². The first-order valence-corrected chi connectivity index (χ1v) is 4.25. The van der Waals surface area contributed by atoms with E-state index in [0.29, 0.717) is 6.42 Å². The fourth-order valence-electron chi connectivity index (χ4n) is 1.43. The zero-order chi connectivity index (χ0) is 9.14. The summed E-state index contributed by atoms with van der Waals surface area (Å²) in [6.45, 7) is 3.81. The number of hydrogen-bond acceptors (Lipinski definition) is 4. The highest BCUT2D eigenvalue weighted by Crippen LogP contribution is 2.24. The highest BCUT2D eigenvalue weighted by molar-refractivity contribution is 5.74. The molecular weight excluding hydrogens is 158 g/mol. The largest absolute Gasteiger partial charge is 0.459 e. The Kier molecular flexibility index (Phi) is 3.05. The first-order valence-electron chi connectivity index (χ1n) is 4.25. The van der Waals surface area contributed by atoms with Crippen LogP contribution in [0, 0.1) is 5.92 Å². The second kappa shape index (κ2) is 3.87. The summed E-state index contributed by atoms with van der Waals surface area (Å²) in [6.07, 6.45) is 1.18. The van der Waals surface area contributed by atoms with Gasteiger partial charge in [0, 0.05) is 6.42 Å². The van der Waals surface area contributed by atoms with Crippen molar-refractivity contribution in [1.82, 2.24) is 0 Å². The Morgan fingerprint density at radius 1 is 1.83 bits per heavy atom. The Morgan fingerprint density at radius 2 is 2.50 bits per heavy atom. The molecule has 1 fully saturated rings. The van der Waals surface area contributed by atoms with Crippen molar-refractivity contribution in [2.45, 2.75) is 38.9 Å². The maximum atomic E-state index is 11.0. The molecule has 0 bridgehead atoms. The van der Waals surface area contributed by atoms with E-state index < -0.39 is 0 Å². The predicted octanol–water partition coefficient (Wildman–Crippen LogP) is 0.607. The van der Waals surface area contributed by atoms with Gasteiger partial charge in [-0.05, 0) is 6.42 Å². The van der Waals surface area contributed by atoms with E-state index in [-0.39, 0.29) is 24.1 Å². The summed E-state index contributed by atoms with van der Waals surface area (Å²) in [4.78, 5) is 15.7. The molecule has 0 aromatic heterocycles. The number of hydrogen-bond donors (Lipinski definition) is 1. The molecule has 1 rings (SSSR count). The molecule has 4 heteroatoms. The second-order valence-corrected chi connectivity index (χ2v) is 3.19. The zero-order valence-electron chi connectivity index (χ0n) is 7.45. The van der Waals surface area contributed by atoms with Crippen LogP contribution < -0.4 is 5.90 Å². The van der Waals surface area contributed by atoms with Crippen molar-refractivity contribution in [1.29, 1.82) is 0 Å². The summed E-state index contributed by atoms with van der Waals surface area (Å²) in [7, 11) is 0. The van der Waals surface area contributed by atoms with Crippen LogP contribution in [0.4, 0.5) is 0 Å². The molecule has 0 radical (unpaired) electrons. The molecule has 3 atom stereocenters. The van der Waals surface area contributed by atoms with Crippen molar-refractivity contribution < 1.29 is 14.4 Å². The lowest BCUT2D eigenvalue weighted by atomic mass is 10.0. The first-order chi connectivity index (χ1) is 5.69. The number of esters is 1. The summed E-state index contributed by atoms with van der Waals surface area (Å²) in [5.74, 6) is 4.91. The van der Waals surface area contributed by atoms with Gasteiger partial charge in [-0.25, -0.2) is 5.90 Å². The van der Waals surface area contributed by atoms with Crippen LogP contribution in [-0.2, 0) is 14.4 Å². The van der Waals surface area contributed by atoms with Gasteiger partial charge in [-0.3, -0.25) is 9.63 Å². The van der Waals surface area contributed by atoms with Crippen LogP contribution in [0.1, 0.15) is 26.7 Å². The topological polar surface area (TPSA) is 61.5 Å². The molecule has 70 valence electrons. The fraction of sp³-hybridized carbons (Fsp3) is 0.875. The Hall–Kier alpha value is -0.610. The van der Waals surface area contributed by atoms with E-state index in [1.165, 1.54) is 0 Å². The smallest absolute Gasteiger partial charge is 0.309 e. The van der Waals surface area contributed by atoms with Gasteiger partial charge >= 0.3 is 5.97 Å². The molecule has 2 N–H and O–H groups in total. The SMILES string of the molecule is CC[C@H](ON)[C@@H]1C[C@@H](C)C(=O)O1. The lowest BCUT2D eigenvalue weighted by Gasteiger charge is -2.17. The van der Waals surface area contributed by atoms with Gasteiger partial charge in [0.1, 0.15) is 12.2 Å². The minimum absolute atomic E-state index is 0.0146. The highest BCUT2D eigenvalue weighted by Gasteiger charge is 2.35. The van der Waals surface area contributed by atoms with Crippen LogP contribution in [0.25, 0.3) is 0 Å². The molecule has 0 aliphatic carbocycles. The molecule has 1 saturated heterocycles. The van der Waals surface area contributed by atoms with Crippen molar-refractivity contribution in [3.05, 3.63) is 0 Å². The van der Waals surface area contributed by atoms with Gasteiger partial charge in [0.2, 0.25) is 0 Å². The zero-order valence-corrected chi connectivity index (χ0v) is 7.45. The first kappa shape index (κ1) is 9.48. The Bertz CT molecular complexity index is 168. The Balaban J connectivity index is 2.49. The molecule has 0 saturated carbocycles. The van der Waals surface area contributed by atoms with Gasteiger partial charge in [-0.1, -0.05) is 13.8 Å². The third-order valence-corrected chi connectivity index (χ3v) is 2.25. The van der Waals surface area contributed by atoms with Crippen molar-refractivity contribution in [2.75, 3.05) is 0 Å². The van der Waals surface area contributed by atoms with Gasteiger partial charge in [0.05, 0.1) is 5.92 Å². The Labute approximate surface area is 72.0 Å². The quantitative estimate of drug-likeness (QED) is 0.501. The van der Waals surface area contributed by atoms with Crippen LogP contribution in [0.15, 0.2) is 0 Å². The molecular formula is C8H15NO3. The van der Waals surface area contributed by atoms with E-state index in [4.69, 9.17) is 15.5 Å². The van der Waals surface area contributed by atoms with Crippen LogP contribution >= 0.6 is 0 Å². The number of rotatable bonds is 3. The van der Waals surface area contributed by atoms with Crippen LogP contribution in [0.2, 0.25) is 0 Å². The van der Waals surface area contributed by atoms with Crippen molar-refractivity contribution in [2.24, 2.45) is 11.8 Å². The lowest BCUT2D eigenvalue weighted by Crippen LogP contribution is -2.30. The van der Waals surface area contributed by atoms with Gasteiger partial charge in [0.15, 0.2) is 0 Å². The summed E-state index contributed by atoms with van der Waals surface area (Å²) in [5.41, 5.74) is 0. The van der Waals surface area contributed by atoms with E-state index in [0.717, 1.165) is 6.42 Å². The van der Waals surface area contributed by atoms with Crippen molar-refractivity contribution in [3.8, 4) is 0 Å². The normalized spacial score (nSPS) is 31.8. The molecule has 1 aliphatic heterocycles. The van der Waals surface area contributed by atoms with E-state index >= 15 is 0 Å². The third kappa shape index (κ3) is 1.76.